The molecule has 0 N–H and O–H groups in total. The van der Waals surface area contributed by atoms with Crippen LogP contribution in [-0.2, 0) is 4.74 Å². The maximum atomic E-state index is 15.1. The Morgan fingerprint density at radius 3 is 2.15 bits per heavy atom. The van der Waals surface area contributed by atoms with Crippen molar-refractivity contribution >= 4 is 5.97 Å². The SMILES string of the molecule is CCCCOc1ccc(C(=O)OC2CCC(c3ccc(-c4ccc(OCC)c(F)c4F)cc3F)CC2)c(F)c1F. The van der Waals surface area contributed by atoms with Crippen molar-refractivity contribution in [2.75, 3.05) is 13.2 Å². The monoisotopic (exact) mass is 562 g/mol. The van der Waals surface area contributed by atoms with Crippen LogP contribution in [0, 0.1) is 29.1 Å². The van der Waals surface area contributed by atoms with Crippen molar-refractivity contribution in [2.45, 2.75) is 64.4 Å². The van der Waals surface area contributed by atoms with E-state index in [1.807, 2.05) is 6.92 Å². The van der Waals surface area contributed by atoms with Gasteiger partial charge >= 0.3 is 5.97 Å². The molecule has 0 heterocycles. The first kappa shape index (κ1) is 29.4. The molecule has 4 rings (SSSR count). The Labute approximate surface area is 230 Å². The summed E-state index contributed by atoms with van der Waals surface area (Å²) in [6.07, 6.45) is 2.76. The summed E-state index contributed by atoms with van der Waals surface area (Å²) >= 11 is 0. The summed E-state index contributed by atoms with van der Waals surface area (Å²) in [5.41, 5.74) is 0.0276. The molecule has 214 valence electrons. The fourth-order valence-corrected chi connectivity index (χ4v) is 4.88. The topological polar surface area (TPSA) is 44.8 Å². The molecule has 4 nitrogen and oxygen atoms in total. The number of carbonyl (C=O) groups excluding carboxylic acids is 1. The molecule has 0 bridgehead atoms. The molecule has 9 heteroatoms. The largest absolute Gasteiger partial charge is 0.491 e. The molecule has 0 radical (unpaired) electrons. The van der Waals surface area contributed by atoms with Gasteiger partial charge in [0.25, 0.3) is 0 Å². The van der Waals surface area contributed by atoms with E-state index in [2.05, 4.69) is 0 Å². The van der Waals surface area contributed by atoms with Crippen LogP contribution < -0.4 is 9.47 Å². The normalized spacial score (nSPS) is 17.0. The number of rotatable bonds is 10. The van der Waals surface area contributed by atoms with E-state index in [9.17, 15) is 22.4 Å². The van der Waals surface area contributed by atoms with Gasteiger partial charge in [0.1, 0.15) is 11.9 Å². The Morgan fingerprint density at radius 2 is 1.48 bits per heavy atom. The van der Waals surface area contributed by atoms with Gasteiger partial charge in [0.2, 0.25) is 11.6 Å². The summed E-state index contributed by atoms with van der Waals surface area (Å²) in [7, 11) is 0. The number of carbonyl (C=O) groups is 1. The maximum absolute atomic E-state index is 15.1. The number of esters is 1. The lowest BCUT2D eigenvalue weighted by Crippen LogP contribution is -2.25. The fraction of sp³-hybridized carbons (Fsp3) is 0.387. The Kier molecular flexibility index (Phi) is 9.66. The number of hydrogen-bond acceptors (Lipinski definition) is 4. The van der Waals surface area contributed by atoms with Crippen LogP contribution in [0.1, 0.15) is 74.2 Å². The molecule has 0 saturated heterocycles. The van der Waals surface area contributed by atoms with E-state index in [4.69, 9.17) is 14.2 Å². The third-order valence-corrected chi connectivity index (χ3v) is 7.07. The first-order valence-electron chi connectivity index (χ1n) is 13.5. The molecule has 0 atom stereocenters. The van der Waals surface area contributed by atoms with Gasteiger partial charge < -0.3 is 14.2 Å². The molecule has 1 aliphatic rings. The Hall–Kier alpha value is -3.62. The van der Waals surface area contributed by atoms with Gasteiger partial charge in [-0.15, -0.1) is 0 Å². The molecular formula is C31H31F5O4. The quantitative estimate of drug-likeness (QED) is 0.141. The van der Waals surface area contributed by atoms with Crippen molar-refractivity contribution in [3.8, 4) is 22.6 Å². The van der Waals surface area contributed by atoms with Crippen molar-refractivity contribution in [3.63, 3.8) is 0 Å². The van der Waals surface area contributed by atoms with Gasteiger partial charge in [-0.25, -0.2) is 18.0 Å². The summed E-state index contributed by atoms with van der Waals surface area (Å²) in [5.74, 6) is -6.97. The summed E-state index contributed by atoms with van der Waals surface area (Å²) in [5, 5.41) is 0. The molecule has 40 heavy (non-hydrogen) atoms. The molecule has 3 aromatic rings. The van der Waals surface area contributed by atoms with Crippen LogP contribution in [0.25, 0.3) is 11.1 Å². The third kappa shape index (κ3) is 6.40. The number of benzene rings is 3. The average Bonchev–Trinajstić information content (AvgIpc) is 2.94. The lowest BCUT2D eigenvalue weighted by molar-refractivity contribution is 0.0188. The zero-order valence-electron chi connectivity index (χ0n) is 22.4. The predicted octanol–water partition coefficient (Wildman–Crippen LogP) is 8.51. The van der Waals surface area contributed by atoms with E-state index in [1.165, 1.54) is 30.3 Å². The maximum Gasteiger partial charge on any atom is 0.341 e. The standard InChI is InChI=1S/C31H31F5O4/c1-3-5-16-39-26-15-13-23(28(34)30(26)36)31(37)40-20-9-6-18(7-10-20)21-11-8-19(17-24(21)32)22-12-14-25(38-4-2)29(35)27(22)33/h8,11-15,17-18,20H,3-7,9-10,16H2,1-2H3. The van der Waals surface area contributed by atoms with Crippen molar-refractivity contribution in [1.82, 2.24) is 0 Å². The van der Waals surface area contributed by atoms with E-state index in [-0.39, 0.29) is 41.8 Å². The highest BCUT2D eigenvalue weighted by molar-refractivity contribution is 5.90. The number of ether oxygens (including phenoxy) is 3. The summed E-state index contributed by atoms with van der Waals surface area (Å²) < 4.78 is 88.5. The predicted molar refractivity (Wildman–Crippen MR) is 140 cm³/mol. The first-order valence-corrected chi connectivity index (χ1v) is 13.5. The first-order chi connectivity index (χ1) is 19.2. The van der Waals surface area contributed by atoms with Crippen molar-refractivity contribution in [1.29, 1.82) is 0 Å². The highest BCUT2D eigenvalue weighted by atomic mass is 19.2. The van der Waals surface area contributed by atoms with Crippen molar-refractivity contribution in [2.24, 2.45) is 0 Å². The molecule has 1 fully saturated rings. The Bertz CT molecular complexity index is 1350. The number of hydrogen-bond donors (Lipinski definition) is 0. The van der Waals surface area contributed by atoms with Crippen LogP contribution in [0.5, 0.6) is 11.5 Å². The van der Waals surface area contributed by atoms with E-state index in [1.54, 1.807) is 13.0 Å². The van der Waals surface area contributed by atoms with Gasteiger partial charge in [0, 0.05) is 5.56 Å². The second-order valence-electron chi connectivity index (χ2n) is 9.73. The lowest BCUT2D eigenvalue weighted by Gasteiger charge is -2.29. The molecule has 0 spiro atoms. The van der Waals surface area contributed by atoms with Crippen LogP contribution in [0.4, 0.5) is 22.0 Å². The molecule has 0 unspecified atom stereocenters. The molecule has 0 aromatic heterocycles. The number of halogens is 5. The van der Waals surface area contributed by atoms with Crippen LogP contribution in [0.15, 0.2) is 42.5 Å². The molecule has 3 aromatic carbocycles. The van der Waals surface area contributed by atoms with E-state index >= 15 is 4.39 Å². The van der Waals surface area contributed by atoms with Gasteiger partial charge in [-0.1, -0.05) is 25.5 Å². The minimum Gasteiger partial charge on any atom is -0.491 e. The van der Waals surface area contributed by atoms with Gasteiger partial charge in [0.15, 0.2) is 23.1 Å². The summed E-state index contributed by atoms with van der Waals surface area (Å²) in [6.45, 7) is 4.01. The zero-order chi connectivity index (χ0) is 28.8. The molecule has 1 aliphatic carbocycles. The Balaban J connectivity index is 1.38. The summed E-state index contributed by atoms with van der Waals surface area (Å²) in [6, 6.07) is 9.27. The van der Waals surface area contributed by atoms with E-state index in [0.717, 1.165) is 12.5 Å². The highest BCUT2D eigenvalue weighted by Crippen LogP contribution is 2.38. The van der Waals surface area contributed by atoms with Crippen LogP contribution in [0.2, 0.25) is 0 Å². The molecule has 1 saturated carbocycles. The van der Waals surface area contributed by atoms with Crippen LogP contribution >= 0.6 is 0 Å². The zero-order valence-corrected chi connectivity index (χ0v) is 22.4. The Morgan fingerprint density at radius 1 is 0.800 bits per heavy atom. The van der Waals surface area contributed by atoms with E-state index < -0.39 is 46.7 Å². The second kappa shape index (κ2) is 13.2. The minimum absolute atomic E-state index is 0.0775. The molecule has 0 aliphatic heterocycles. The summed E-state index contributed by atoms with van der Waals surface area (Å²) in [4.78, 5) is 12.5. The van der Waals surface area contributed by atoms with E-state index in [0.29, 0.717) is 37.7 Å². The fourth-order valence-electron chi connectivity index (χ4n) is 4.88. The lowest BCUT2D eigenvalue weighted by atomic mass is 9.82. The highest BCUT2D eigenvalue weighted by Gasteiger charge is 2.29. The molecular weight excluding hydrogens is 531 g/mol. The molecule has 0 amide bonds. The van der Waals surface area contributed by atoms with Crippen LogP contribution in [-0.4, -0.2) is 25.3 Å². The van der Waals surface area contributed by atoms with Gasteiger partial charge in [-0.3, -0.25) is 0 Å². The minimum atomic E-state index is -1.32. The average molecular weight is 563 g/mol. The van der Waals surface area contributed by atoms with Gasteiger partial charge in [-0.2, -0.15) is 8.78 Å². The van der Waals surface area contributed by atoms with Gasteiger partial charge in [0.05, 0.1) is 18.8 Å². The van der Waals surface area contributed by atoms with Crippen molar-refractivity contribution in [3.05, 3.63) is 82.7 Å². The second-order valence-corrected chi connectivity index (χ2v) is 9.73. The van der Waals surface area contributed by atoms with Gasteiger partial charge in [-0.05, 0) is 86.4 Å². The smallest absolute Gasteiger partial charge is 0.341 e. The third-order valence-electron chi connectivity index (χ3n) is 7.07. The van der Waals surface area contributed by atoms with Crippen molar-refractivity contribution < 1.29 is 41.0 Å². The number of unbranched alkanes of at least 4 members (excludes halogenated alkanes) is 1. The van der Waals surface area contributed by atoms with Crippen LogP contribution in [0.3, 0.4) is 0 Å².